The van der Waals surface area contributed by atoms with E-state index in [1.54, 1.807) is 12.1 Å². The lowest BCUT2D eigenvalue weighted by molar-refractivity contribution is -0.121. The fourth-order valence-corrected chi connectivity index (χ4v) is 4.92. The van der Waals surface area contributed by atoms with Gasteiger partial charge in [0.05, 0.1) is 16.7 Å². The Morgan fingerprint density at radius 3 is 2.81 bits per heavy atom. The number of carbonyl (C=O) groups excluding carboxylic acids is 1. The summed E-state index contributed by atoms with van der Waals surface area (Å²) in [6.07, 6.45) is 2.97. The lowest BCUT2D eigenvalue weighted by Crippen LogP contribution is -2.30. The topological polar surface area (TPSA) is 72.5 Å². The molecule has 6 heteroatoms. The Morgan fingerprint density at radius 1 is 1.12 bits per heavy atom. The van der Waals surface area contributed by atoms with Crippen molar-refractivity contribution in [2.45, 2.75) is 36.6 Å². The molecule has 1 heterocycles. The van der Waals surface area contributed by atoms with Crippen LogP contribution in [0.4, 0.5) is 0 Å². The van der Waals surface area contributed by atoms with Crippen molar-refractivity contribution in [3.05, 3.63) is 59.2 Å². The van der Waals surface area contributed by atoms with E-state index in [4.69, 9.17) is 4.74 Å². The van der Waals surface area contributed by atoms with Gasteiger partial charge in [0, 0.05) is 12.0 Å². The first-order chi connectivity index (χ1) is 12.5. The summed E-state index contributed by atoms with van der Waals surface area (Å²) in [5.74, 6) is 0.302. The predicted octanol–water partition coefficient (Wildman–Crippen LogP) is 2.59. The van der Waals surface area contributed by atoms with Gasteiger partial charge in [-0.1, -0.05) is 24.3 Å². The second kappa shape index (κ2) is 6.76. The summed E-state index contributed by atoms with van der Waals surface area (Å²) in [6.45, 7) is 0.378. The predicted molar refractivity (Wildman–Crippen MR) is 98.0 cm³/mol. The number of nitrogens with one attached hydrogen (secondary N) is 1. The number of benzene rings is 2. The maximum absolute atomic E-state index is 12.6. The molecule has 1 amide bonds. The van der Waals surface area contributed by atoms with Gasteiger partial charge in [0.15, 0.2) is 9.84 Å². The van der Waals surface area contributed by atoms with Crippen LogP contribution in [0.3, 0.4) is 0 Å². The van der Waals surface area contributed by atoms with Crippen LogP contribution in [0.15, 0.2) is 47.4 Å². The summed E-state index contributed by atoms with van der Waals surface area (Å²) in [4.78, 5) is 12.6. The minimum Gasteiger partial charge on any atom is -0.491 e. The highest BCUT2D eigenvalue weighted by Crippen LogP contribution is 2.31. The van der Waals surface area contributed by atoms with Gasteiger partial charge in [-0.05, 0) is 48.6 Å². The van der Waals surface area contributed by atoms with Crippen LogP contribution in [0.25, 0.3) is 0 Å². The molecule has 1 atom stereocenters. The molecule has 0 aromatic heterocycles. The fourth-order valence-electron chi connectivity index (χ4n) is 3.64. The van der Waals surface area contributed by atoms with Gasteiger partial charge in [0.1, 0.15) is 12.4 Å². The van der Waals surface area contributed by atoms with Crippen molar-refractivity contribution in [1.29, 1.82) is 0 Å². The number of para-hydroxylation sites is 1. The normalized spacial score (nSPS) is 18.1. The molecule has 0 unspecified atom stereocenters. The third-order valence-corrected chi connectivity index (χ3v) is 6.78. The highest BCUT2D eigenvalue weighted by Gasteiger charge is 2.26. The minimum absolute atomic E-state index is 0.0575. The fraction of sp³-hybridized carbons (Fsp3) is 0.350. The van der Waals surface area contributed by atoms with Crippen LogP contribution in [0.2, 0.25) is 0 Å². The van der Waals surface area contributed by atoms with Gasteiger partial charge in [0.25, 0.3) is 0 Å². The van der Waals surface area contributed by atoms with Crippen LogP contribution < -0.4 is 10.1 Å². The maximum Gasteiger partial charge on any atom is 0.221 e. The van der Waals surface area contributed by atoms with E-state index < -0.39 is 9.84 Å². The van der Waals surface area contributed by atoms with Crippen LogP contribution in [-0.2, 0) is 27.5 Å². The molecule has 0 bridgehead atoms. The molecule has 1 N–H and O–H groups in total. The Hall–Kier alpha value is -2.34. The number of sulfone groups is 1. The van der Waals surface area contributed by atoms with Gasteiger partial charge < -0.3 is 10.1 Å². The largest absolute Gasteiger partial charge is 0.491 e. The van der Waals surface area contributed by atoms with E-state index in [-0.39, 0.29) is 24.1 Å². The zero-order valence-electron chi connectivity index (χ0n) is 14.4. The smallest absolute Gasteiger partial charge is 0.221 e. The molecule has 2 aromatic rings. The Labute approximate surface area is 153 Å². The van der Waals surface area contributed by atoms with Crippen molar-refractivity contribution in [1.82, 2.24) is 5.32 Å². The Kier molecular flexibility index (Phi) is 4.44. The standard InChI is InChI=1S/C20H21NO4S/c22-20(21-18-13-25-19-7-2-1-6-17(18)19)10-11-26(23,24)16-9-8-14-4-3-5-15(14)12-16/h1-2,6-9,12,18H,3-5,10-11,13H2,(H,21,22)/t18-/m1/s1. The highest BCUT2D eigenvalue weighted by molar-refractivity contribution is 7.91. The van der Waals surface area contributed by atoms with Crippen molar-refractivity contribution in [2.75, 3.05) is 12.4 Å². The van der Waals surface area contributed by atoms with E-state index in [1.807, 2.05) is 30.3 Å². The maximum atomic E-state index is 12.6. The molecule has 2 aliphatic rings. The first-order valence-electron chi connectivity index (χ1n) is 8.88. The number of hydrogen-bond acceptors (Lipinski definition) is 4. The molecule has 0 fully saturated rings. The molecule has 1 aliphatic carbocycles. The van der Waals surface area contributed by atoms with Gasteiger partial charge in [-0.3, -0.25) is 4.79 Å². The Bertz CT molecular complexity index is 952. The number of ether oxygens (including phenoxy) is 1. The van der Waals surface area contributed by atoms with Gasteiger partial charge in [-0.2, -0.15) is 0 Å². The van der Waals surface area contributed by atoms with E-state index in [0.29, 0.717) is 11.5 Å². The molecule has 0 spiro atoms. The quantitative estimate of drug-likeness (QED) is 0.877. The van der Waals surface area contributed by atoms with Crippen LogP contribution in [0.1, 0.15) is 35.6 Å². The molecule has 0 saturated carbocycles. The molecule has 4 rings (SSSR count). The van der Waals surface area contributed by atoms with E-state index in [9.17, 15) is 13.2 Å². The molecular formula is C20H21NO4S. The molecule has 0 radical (unpaired) electrons. The van der Waals surface area contributed by atoms with Gasteiger partial charge >= 0.3 is 0 Å². The van der Waals surface area contributed by atoms with Crippen molar-refractivity contribution >= 4 is 15.7 Å². The van der Waals surface area contributed by atoms with Gasteiger partial charge in [0.2, 0.25) is 5.91 Å². The molecule has 1 aliphatic heterocycles. The first-order valence-corrected chi connectivity index (χ1v) is 10.5. The van der Waals surface area contributed by atoms with Crippen molar-refractivity contribution in [3.63, 3.8) is 0 Å². The number of rotatable bonds is 5. The van der Waals surface area contributed by atoms with E-state index in [0.717, 1.165) is 36.1 Å². The molecule has 0 saturated heterocycles. The molecule has 26 heavy (non-hydrogen) atoms. The van der Waals surface area contributed by atoms with Crippen molar-refractivity contribution in [2.24, 2.45) is 0 Å². The second-order valence-corrected chi connectivity index (χ2v) is 8.93. The summed E-state index contributed by atoms with van der Waals surface area (Å²) in [7, 11) is -3.46. The Balaban J connectivity index is 1.38. The van der Waals surface area contributed by atoms with E-state index in [2.05, 4.69) is 5.32 Å². The van der Waals surface area contributed by atoms with Gasteiger partial charge in [-0.15, -0.1) is 0 Å². The average molecular weight is 371 g/mol. The SMILES string of the molecule is O=C(CCS(=O)(=O)c1ccc2c(c1)CCC2)N[C@@H]1COc2ccccc21. The number of amides is 1. The van der Waals surface area contributed by atoms with E-state index >= 15 is 0 Å². The molecular weight excluding hydrogens is 350 g/mol. The first kappa shape index (κ1) is 17.1. The highest BCUT2D eigenvalue weighted by atomic mass is 32.2. The third-order valence-electron chi connectivity index (χ3n) is 5.06. The Morgan fingerprint density at radius 2 is 1.92 bits per heavy atom. The van der Waals surface area contributed by atoms with Crippen LogP contribution in [-0.4, -0.2) is 26.7 Å². The van der Waals surface area contributed by atoms with Crippen molar-refractivity contribution < 1.29 is 17.9 Å². The number of aryl methyl sites for hydroxylation is 2. The number of carbonyl (C=O) groups is 1. The van der Waals surface area contributed by atoms with E-state index in [1.165, 1.54) is 5.56 Å². The summed E-state index contributed by atoms with van der Waals surface area (Å²) in [5, 5.41) is 2.87. The molecule has 136 valence electrons. The zero-order valence-corrected chi connectivity index (χ0v) is 15.2. The van der Waals surface area contributed by atoms with Crippen LogP contribution >= 0.6 is 0 Å². The summed E-state index contributed by atoms with van der Waals surface area (Å²) in [6, 6.07) is 12.7. The molecule has 2 aromatic carbocycles. The van der Waals surface area contributed by atoms with Crippen molar-refractivity contribution in [3.8, 4) is 5.75 Å². The lowest BCUT2D eigenvalue weighted by atomic mass is 10.1. The average Bonchev–Trinajstić information content (AvgIpc) is 3.27. The van der Waals surface area contributed by atoms with Crippen LogP contribution in [0, 0.1) is 0 Å². The monoisotopic (exact) mass is 371 g/mol. The van der Waals surface area contributed by atoms with Gasteiger partial charge in [-0.25, -0.2) is 8.42 Å². The lowest BCUT2D eigenvalue weighted by Gasteiger charge is -2.12. The summed E-state index contributed by atoms with van der Waals surface area (Å²) < 4.78 is 30.7. The summed E-state index contributed by atoms with van der Waals surface area (Å²) in [5.41, 5.74) is 3.29. The summed E-state index contributed by atoms with van der Waals surface area (Å²) >= 11 is 0. The zero-order chi connectivity index (χ0) is 18.1. The molecule has 5 nitrogen and oxygen atoms in total. The number of fused-ring (bicyclic) bond motifs is 2. The number of hydrogen-bond donors (Lipinski definition) is 1. The van der Waals surface area contributed by atoms with Crippen LogP contribution in [0.5, 0.6) is 5.75 Å². The second-order valence-electron chi connectivity index (χ2n) is 6.82. The minimum atomic E-state index is -3.46. The third kappa shape index (κ3) is 3.33.